The quantitative estimate of drug-likeness (QED) is 0.760. The number of aromatic nitrogens is 2. The van der Waals surface area contributed by atoms with Crippen LogP contribution in [0.2, 0.25) is 0 Å². The summed E-state index contributed by atoms with van der Waals surface area (Å²) in [5.41, 5.74) is 1.73. The molecule has 0 bridgehead atoms. The number of carboxylic acids is 1. The Morgan fingerprint density at radius 3 is 2.40 bits per heavy atom. The maximum atomic E-state index is 12.2. The minimum absolute atomic E-state index is 0.0698. The second-order valence-electron chi connectivity index (χ2n) is 5.10. The Morgan fingerprint density at radius 2 is 1.95 bits per heavy atom. The Kier molecular flexibility index (Phi) is 5.69. The molecule has 0 fully saturated rings. The van der Waals surface area contributed by atoms with Crippen molar-refractivity contribution in [2.45, 2.75) is 20.4 Å². The van der Waals surface area contributed by atoms with Crippen molar-refractivity contribution >= 4 is 11.9 Å². The number of carbonyl (C=O) groups excluding carboxylic acids is 1. The van der Waals surface area contributed by atoms with Gasteiger partial charge in [-0.3, -0.25) is 14.3 Å². The second-order valence-corrected chi connectivity index (χ2v) is 5.10. The normalized spacial score (nSPS) is 10.8. The average Bonchev–Trinajstić information content (AvgIpc) is 2.62. The molecule has 0 aromatic carbocycles. The third kappa shape index (κ3) is 5.00. The minimum atomic E-state index is -1.01. The lowest BCUT2D eigenvalue weighted by atomic mass is 10.4. The van der Waals surface area contributed by atoms with E-state index < -0.39 is 5.97 Å². The predicted molar refractivity (Wildman–Crippen MR) is 74.5 cm³/mol. The number of carbonyl (C=O) groups is 2. The van der Waals surface area contributed by atoms with Gasteiger partial charge < -0.3 is 14.9 Å². The summed E-state index contributed by atoms with van der Waals surface area (Å²) in [6.45, 7) is 4.52. The van der Waals surface area contributed by atoms with Crippen LogP contribution in [-0.2, 0) is 16.1 Å². The van der Waals surface area contributed by atoms with Crippen LogP contribution in [0.4, 0.5) is 0 Å². The Balaban J connectivity index is 2.71. The van der Waals surface area contributed by atoms with Crippen molar-refractivity contribution in [1.82, 2.24) is 19.6 Å². The van der Waals surface area contributed by atoms with Crippen molar-refractivity contribution in [3.05, 3.63) is 17.5 Å². The molecule has 0 unspecified atom stereocenters. The highest BCUT2D eigenvalue weighted by Crippen LogP contribution is 2.03. The molecule has 1 heterocycles. The largest absolute Gasteiger partial charge is 0.480 e. The molecule has 0 radical (unpaired) electrons. The van der Waals surface area contributed by atoms with Gasteiger partial charge in [-0.1, -0.05) is 0 Å². The van der Waals surface area contributed by atoms with Crippen molar-refractivity contribution in [1.29, 1.82) is 0 Å². The number of rotatable bonds is 7. The van der Waals surface area contributed by atoms with Crippen molar-refractivity contribution in [3.63, 3.8) is 0 Å². The number of hydrogen-bond acceptors (Lipinski definition) is 4. The third-order valence-electron chi connectivity index (χ3n) is 2.88. The van der Waals surface area contributed by atoms with Gasteiger partial charge in [0.05, 0.1) is 5.69 Å². The lowest BCUT2D eigenvalue weighted by molar-refractivity contribution is -0.144. The second kappa shape index (κ2) is 7.04. The van der Waals surface area contributed by atoms with E-state index in [4.69, 9.17) is 5.11 Å². The van der Waals surface area contributed by atoms with Gasteiger partial charge in [-0.2, -0.15) is 5.10 Å². The minimum Gasteiger partial charge on any atom is -0.480 e. The van der Waals surface area contributed by atoms with Gasteiger partial charge in [0.25, 0.3) is 0 Å². The van der Waals surface area contributed by atoms with Gasteiger partial charge in [-0.25, -0.2) is 0 Å². The summed E-state index contributed by atoms with van der Waals surface area (Å²) < 4.78 is 1.60. The summed E-state index contributed by atoms with van der Waals surface area (Å²) in [5.74, 6) is -1.24. The molecule has 1 rings (SSSR count). The van der Waals surface area contributed by atoms with Gasteiger partial charge in [0.1, 0.15) is 13.1 Å². The van der Waals surface area contributed by atoms with Crippen LogP contribution in [0.5, 0.6) is 0 Å². The molecule has 1 aromatic rings. The fraction of sp³-hybridized carbons (Fsp3) is 0.615. The summed E-state index contributed by atoms with van der Waals surface area (Å²) in [7, 11) is 3.76. The highest BCUT2D eigenvalue weighted by atomic mass is 16.4. The molecule has 0 spiro atoms. The fourth-order valence-electron chi connectivity index (χ4n) is 1.84. The summed E-state index contributed by atoms with van der Waals surface area (Å²) >= 11 is 0. The highest BCUT2D eigenvalue weighted by Gasteiger charge is 2.18. The molecular weight excluding hydrogens is 260 g/mol. The monoisotopic (exact) mass is 282 g/mol. The van der Waals surface area contributed by atoms with E-state index in [0.29, 0.717) is 13.1 Å². The number of aliphatic carboxylic acids is 1. The van der Waals surface area contributed by atoms with Crippen molar-refractivity contribution in [2.75, 3.05) is 33.7 Å². The van der Waals surface area contributed by atoms with Gasteiger partial charge in [0.2, 0.25) is 5.91 Å². The maximum Gasteiger partial charge on any atom is 0.323 e. The smallest absolute Gasteiger partial charge is 0.323 e. The zero-order valence-corrected chi connectivity index (χ0v) is 12.5. The van der Waals surface area contributed by atoms with E-state index in [1.807, 2.05) is 38.9 Å². The van der Waals surface area contributed by atoms with Crippen LogP contribution in [0, 0.1) is 13.8 Å². The van der Waals surface area contributed by atoms with E-state index in [0.717, 1.165) is 11.4 Å². The van der Waals surface area contributed by atoms with E-state index in [-0.39, 0.29) is 19.0 Å². The standard InChI is InChI=1S/C13H22N4O3/c1-10-7-11(2)17(14-10)8-12(18)16(9-13(19)20)6-5-15(3)4/h7H,5-6,8-9H2,1-4H3,(H,19,20). The van der Waals surface area contributed by atoms with Crippen LogP contribution in [0.15, 0.2) is 6.07 Å². The van der Waals surface area contributed by atoms with Crippen LogP contribution in [0.3, 0.4) is 0 Å². The number of nitrogens with zero attached hydrogens (tertiary/aromatic N) is 4. The number of carboxylic acid groups (broad SMARTS) is 1. The number of aryl methyl sites for hydroxylation is 2. The summed E-state index contributed by atoms with van der Waals surface area (Å²) in [6.07, 6.45) is 0. The first-order chi connectivity index (χ1) is 9.29. The molecule has 7 heteroatoms. The Labute approximate surface area is 118 Å². The Bertz CT molecular complexity index is 482. The van der Waals surface area contributed by atoms with Gasteiger partial charge >= 0.3 is 5.97 Å². The molecule has 0 aliphatic carbocycles. The van der Waals surface area contributed by atoms with Crippen LogP contribution in [0.25, 0.3) is 0 Å². The molecule has 0 aliphatic rings. The number of hydrogen-bond donors (Lipinski definition) is 1. The van der Waals surface area contributed by atoms with Crippen LogP contribution in [0.1, 0.15) is 11.4 Å². The molecular formula is C13H22N4O3. The number of amides is 1. The zero-order valence-electron chi connectivity index (χ0n) is 12.5. The van der Waals surface area contributed by atoms with Gasteiger partial charge in [-0.05, 0) is 34.0 Å². The molecule has 1 N–H and O–H groups in total. The third-order valence-corrected chi connectivity index (χ3v) is 2.88. The van der Waals surface area contributed by atoms with Gasteiger partial charge in [0, 0.05) is 18.8 Å². The molecule has 7 nitrogen and oxygen atoms in total. The lowest BCUT2D eigenvalue weighted by Gasteiger charge is -2.22. The van der Waals surface area contributed by atoms with Crippen molar-refractivity contribution in [3.8, 4) is 0 Å². The lowest BCUT2D eigenvalue weighted by Crippen LogP contribution is -2.41. The first kappa shape index (κ1) is 16.2. The first-order valence-corrected chi connectivity index (χ1v) is 6.45. The van der Waals surface area contributed by atoms with Gasteiger partial charge in [0.15, 0.2) is 0 Å². The average molecular weight is 282 g/mol. The maximum absolute atomic E-state index is 12.2. The topological polar surface area (TPSA) is 78.7 Å². The molecule has 0 saturated carbocycles. The van der Waals surface area contributed by atoms with Crippen molar-refractivity contribution in [2.24, 2.45) is 0 Å². The fourth-order valence-corrected chi connectivity index (χ4v) is 1.84. The molecule has 1 aromatic heterocycles. The van der Waals surface area contributed by atoms with Crippen LogP contribution >= 0.6 is 0 Å². The zero-order chi connectivity index (χ0) is 15.3. The Morgan fingerprint density at radius 1 is 1.30 bits per heavy atom. The number of likely N-dealkylation sites (N-methyl/N-ethyl adjacent to an activating group) is 1. The van der Waals surface area contributed by atoms with Crippen LogP contribution < -0.4 is 0 Å². The summed E-state index contributed by atoms with van der Waals surface area (Å²) in [6, 6.07) is 1.88. The molecule has 0 atom stereocenters. The highest BCUT2D eigenvalue weighted by molar-refractivity contribution is 5.81. The van der Waals surface area contributed by atoms with E-state index in [1.165, 1.54) is 4.90 Å². The summed E-state index contributed by atoms with van der Waals surface area (Å²) in [4.78, 5) is 26.3. The molecule has 112 valence electrons. The van der Waals surface area contributed by atoms with E-state index in [9.17, 15) is 9.59 Å². The van der Waals surface area contributed by atoms with Gasteiger partial charge in [-0.15, -0.1) is 0 Å². The first-order valence-electron chi connectivity index (χ1n) is 6.45. The van der Waals surface area contributed by atoms with Crippen LogP contribution in [-0.4, -0.2) is 70.3 Å². The van der Waals surface area contributed by atoms with Crippen molar-refractivity contribution < 1.29 is 14.7 Å². The molecule has 0 saturated heterocycles. The molecule has 20 heavy (non-hydrogen) atoms. The molecule has 1 amide bonds. The van der Waals surface area contributed by atoms with E-state index in [1.54, 1.807) is 4.68 Å². The Hall–Kier alpha value is -1.89. The molecule has 0 aliphatic heterocycles. The van der Waals surface area contributed by atoms with E-state index >= 15 is 0 Å². The summed E-state index contributed by atoms with van der Waals surface area (Å²) in [5, 5.41) is 13.1. The predicted octanol–water partition coefficient (Wildman–Crippen LogP) is -0.0253. The van der Waals surface area contributed by atoms with E-state index in [2.05, 4.69) is 5.10 Å². The SMILES string of the molecule is Cc1cc(C)n(CC(=O)N(CCN(C)C)CC(=O)O)n1.